The number of unbranched alkanes of at least 4 members (excludes halogenated alkanes) is 5. The average Bonchev–Trinajstić information content (AvgIpc) is 3.20. The molecule has 4 atom stereocenters. The van der Waals surface area contributed by atoms with Crippen LogP contribution in [0.25, 0.3) is 0 Å². The number of aromatic nitrogens is 2. The second-order valence-corrected chi connectivity index (χ2v) is 10.4. The molecule has 0 aliphatic carbocycles. The van der Waals surface area contributed by atoms with Crippen LogP contribution in [0.4, 0.5) is 0 Å². The third-order valence-corrected chi connectivity index (χ3v) is 8.51. The van der Waals surface area contributed by atoms with Crippen molar-refractivity contribution in [3.63, 3.8) is 0 Å². The summed E-state index contributed by atoms with van der Waals surface area (Å²) in [7, 11) is 0. The number of fused-ring (bicyclic) bond motifs is 2. The van der Waals surface area contributed by atoms with Crippen molar-refractivity contribution in [3.8, 4) is 0 Å². The molecule has 3 heterocycles. The highest BCUT2D eigenvalue weighted by atomic mass is 32.2. The summed E-state index contributed by atoms with van der Waals surface area (Å²) in [6.07, 6.45) is 12.4. The van der Waals surface area contributed by atoms with Crippen molar-refractivity contribution in [1.82, 2.24) is 13.6 Å². The van der Waals surface area contributed by atoms with Crippen LogP contribution in [0.5, 0.6) is 0 Å². The van der Waals surface area contributed by atoms with Crippen LogP contribution in [-0.4, -0.2) is 38.5 Å². The van der Waals surface area contributed by atoms with Gasteiger partial charge >= 0.3 is 0 Å². The van der Waals surface area contributed by atoms with Gasteiger partial charge in [-0.1, -0.05) is 71.1 Å². The van der Waals surface area contributed by atoms with Crippen LogP contribution in [0.2, 0.25) is 0 Å². The van der Waals surface area contributed by atoms with Crippen molar-refractivity contribution >= 4 is 23.5 Å². The van der Waals surface area contributed by atoms with Gasteiger partial charge in [0.2, 0.25) is 0 Å². The maximum atomic E-state index is 4.78. The van der Waals surface area contributed by atoms with E-state index in [1.807, 2.05) is 11.8 Å². The minimum Gasteiger partial charge on any atom is -0.302 e. The minimum absolute atomic E-state index is 0.639. The molecule has 3 rings (SSSR count). The lowest BCUT2D eigenvalue weighted by Crippen LogP contribution is -2.25. The molecule has 0 radical (unpaired) electrons. The lowest BCUT2D eigenvalue weighted by molar-refractivity contribution is 0.269. The van der Waals surface area contributed by atoms with Gasteiger partial charge in [0.15, 0.2) is 0 Å². The quantitative estimate of drug-likeness (QED) is 0.329. The van der Waals surface area contributed by atoms with E-state index in [1.165, 1.54) is 99.9 Å². The number of hydrogen-bond donors (Lipinski definition) is 0. The summed E-state index contributed by atoms with van der Waals surface area (Å²) >= 11 is 3.48. The molecule has 5 heteroatoms. The fraction of sp³-hybridized carbons (Fsp3) is 0.905. The van der Waals surface area contributed by atoms with Crippen molar-refractivity contribution in [2.24, 2.45) is 11.8 Å². The Balaban J connectivity index is 1.54. The Labute approximate surface area is 169 Å². The van der Waals surface area contributed by atoms with Gasteiger partial charge < -0.3 is 4.90 Å². The zero-order valence-electron chi connectivity index (χ0n) is 17.0. The van der Waals surface area contributed by atoms with Crippen molar-refractivity contribution in [1.29, 1.82) is 0 Å². The van der Waals surface area contributed by atoms with Crippen LogP contribution >= 0.6 is 23.5 Å². The number of piperidine rings is 1. The van der Waals surface area contributed by atoms with Crippen LogP contribution in [-0.2, 0) is 0 Å². The molecule has 2 bridgehead atoms. The molecule has 2 aliphatic heterocycles. The molecule has 0 amide bonds. The average molecular weight is 396 g/mol. The van der Waals surface area contributed by atoms with Crippen molar-refractivity contribution < 1.29 is 0 Å². The van der Waals surface area contributed by atoms with E-state index in [4.69, 9.17) is 8.75 Å². The van der Waals surface area contributed by atoms with Crippen LogP contribution in [0, 0.1) is 11.8 Å². The van der Waals surface area contributed by atoms with E-state index in [0.29, 0.717) is 17.1 Å². The van der Waals surface area contributed by atoms with Gasteiger partial charge in [-0.15, -0.1) is 0 Å². The molecular formula is C21H37N3S2. The Hall–Kier alpha value is -0.130. The summed E-state index contributed by atoms with van der Waals surface area (Å²) in [5.41, 5.74) is 1.34. The van der Waals surface area contributed by atoms with E-state index in [0.717, 1.165) is 5.92 Å². The molecular weight excluding hydrogens is 358 g/mol. The molecule has 3 nitrogen and oxygen atoms in total. The van der Waals surface area contributed by atoms with E-state index in [9.17, 15) is 0 Å². The smallest absolute Gasteiger partial charge is 0.134 e. The Morgan fingerprint density at radius 1 is 1.12 bits per heavy atom. The maximum Gasteiger partial charge on any atom is 0.134 e. The van der Waals surface area contributed by atoms with Crippen molar-refractivity contribution in [3.05, 3.63) is 5.69 Å². The monoisotopic (exact) mass is 395 g/mol. The molecule has 0 N–H and O–H groups in total. The van der Waals surface area contributed by atoms with Gasteiger partial charge in [0.05, 0.1) is 17.4 Å². The Morgan fingerprint density at radius 2 is 1.92 bits per heavy atom. The third-order valence-electron chi connectivity index (χ3n) is 6.25. The van der Waals surface area contributed by atoms with E-state index < -0.39 is 0 Å². The zero-order valence-corrected chi connectivity index (χ0v) is 18.6. The normalized spacial score (nSPS) is 26.5. The summed E-state index contributed by atoms with van der Waals surface area (Å²) in [6.45, 7) is 10.8. The number of rotatable bonds is 11. The van der Waals surface area contributed by atoms with Crippen LogP contribution in [0.15, 0.2) is 5.03 Å². The Morgan fingerprint density at radius 3 is 2.69 bits per heavy atom. The van der Waals surface area contributed by atoms with Crippen molar-refractivity contribution in [2.75, 3.05) is 19.6 Å². The highest BCUT2D eigenvalue weighted by molar-refractivity contribution is 8.00. The number of nitrogens with zero attached hydrogens (tertiary/aromatic N) is 3. The fourth-order valence-electron chi connectivity index (χ4n) is 4.62. The molecule has 0 aromatic carbocycles. The summed E-state index contributed by atoms with van der Waals surface area (Å²) in [5, 5.41) is 1.95. The van der Waals surface area contributed by atoms with Gasteiger partial charge in [0.1, 0.15) is 5.03 Å². The molecule has 0 spiro atoms. The van der Waals surface area contributed by atoms with E-state index in [1.54, 1.807) is 0 Å². The van der Waals surface area contributed by atoms with Crippen molar-refractivity contribution in [2.45, 2.75) is 94.8 Å². The third kappa shape index (κ3) is 5.45. The Kier molecular flexibility index (Phi) is 8.26. The second-order valence-electron chi connectivity index (χ2n) is 8.68. The number of hydrogen-bond acceptors (Lipinski definition) is 5. The highest BCUT2D eigenvalue weighted by Crippen LogP contribution is 2.43. The first-order valence-corrected chi connectivity index (χ1v) is 12.5. The molecule has 1 aromatic rings. The van der Waals surface area contributed by atoms with E-state index in [2.05, 4.69) is 25.7 Å². The molecule has 2 aliphatic rings. The summed E-state index contributed by atoms with van der Waals surface area (Å²) in [6, 6.07) is 0. The highest BCUT2D eigenvalue weighted by Gasteiger charge is 2.39. The SMILES string of the molecule is CCCCCCCCC(Sc1nsnc1C1CN2CCCC1C2)C(C)C. The molecule has 1 aromatic heterocycles. The predicted molar refractivity (Wildman–Crippen MR) is 114 cm³/mol. The number of thioether (sulfide) groups is 1. The van der Waals surface area contributed by atoms with Crippen LogP contribution in [0.3, 0.4) is 0 Å². The fourth-order valence-corrected chi connectivity index (χ4v) is 6.63. The van der Waals surface area contributed by atoms with Gasteiger partial charge in [-0.2, -0.15) is 8.75 Å². The van der Waals surface area contributed by atoms with Gasteiger partial charge in [0.25, 0.3) is 0 Å². The molecule has 2 saturated heterocycles. The van der Waals surface area contributed by atoms with E-state index in [-0.39, 0.29) is 0 Å². The van der Waals surface area contributed by atoms with Crippen LogP contribution < -0.4 is 0 Å². The summed E-state index contributed by atoms with van der Waals surface area (Å²) in [4.78, 5) is 2.64. The largest absolute Gasteiger partial charge is 0.302 e. The first kappa shape index (κ1) is 20.6. The molecule has 2 fully saturated rings. The molecule has 0 saturated carbocycles. The summed E-state index contributed by atoms with van der Waals surface area (Å²) < 4.78 is 9.53. The maximum absolute atomic E-state index is 4.78. The minimum atomic E-state index is 0.639. The van der Waals surface area contributed by atoms with Gasteiger partial charge in [-0.05, 0) is 37.6 Å². The summed E-state index contributed by atoms with van der Waals surface area (Å²) in [5.74, 6) is 2.17. The zero-order chi connectivity index (χ0) is 18.4. The first-order chi connectivity index (χ1) is 12.7. The molecule has 148 valence electrons. The van der Waals surface area contributed by atoms with Gasteiger partial charge in [0, 0.05) is 24.3 Å². The lowest BCUT2D eigenvalue weighted by Gasteiger charge is -2.22. The Bertz CT molecular complexity index is 531. The second kappa shape index (κ2) is 10.4. The van der Waals surface area contributed by atoms with Crippen LogP contribution in [0.1, 0.15) is 90.2 Å². The predicted octanol–water partition coefficient (Wildman–Crippen LogP) is 6.21. The first-order valence-electron chi connectivity index (χ1n) is 10.9. The topological polar surface area (TPSA) is 29.0 Å². The molecule has 4 unspecified atom stereocenters. The standard InChI is InChI=1S/C21H37N3S2/c1-4-5-6-7-8-9-12-19(16(2)3)25-21-20(22-26-23-21)18-15-24-13-10-11-17(18)14-24/h16-19H,4-15H2,1-3H3. The molecule has 26 heavy (non-hydrogen) atoms. The van der Waals surface area contributed by atoms with Gasteiger partial charge in [-0.3, -0.25) is 0 Å². The lowest BCUT2D eigenvalue weighted by atomic mass is 9.89. The van der Waals surface area contributed by atoms with Gasteiger partial charge in [-0.25, -0.2) is 0 Å². The van der Waals surface area contributed by atoms with E-state index >= 15 is 0 Å².